The third-order valence-corrected chi connectivity index (χ3v) is 5.44. The molecule has 2 rings (SSSR count). The molecule has 0 unspecified atom stereocenters. The van der Waals surface area contributed by atoms with Crippen LogP contribution in [-0.2, 0) is 13.6 Å². The molecule has 19 heavy (non-hydrogen) atoms. The fourth-order valence-corrected chi connectivity index (χ4v) is 2.81. The normalized spacial score (nSPS) is 10.8. The number of nitrogens with zero attached hydrogens (tertiary/aromatic N) is 2. The summed E-state index contributed by atoms with van der Waals surface area (Å²) >= 11 is 7.17. The van der Waals surface area contributed by atoms with E-state index >= 15 is 0 Å². The third kappa shape index (κ3) is 3.03. The summed E-state index contributed by atoms with van der Waals surface area (Å²) in [6.45, 7) is 6.96. The molecule has 1 aromatic carbocycles. The second kappa shape index (κ2) is 5.67. The average Bonchev–Trinajstić information content (AvgIpc) is 2.58. The Morgan fingerprint density at radius 2 is 1.68 bits per heavy atom. The van der Waals surface area contributed by atoms with Gasteiger partial charge in [0.2, 0.25) is 0 Å². The van der Waals surface area contributed by atoms with Gasteiger partial charge < -0.3 is 5.32 Å². The number of halogens is 2. The second-order valence-corrected chi connectivity index (χ2v) is 6.33. The van der Waals surface area contributed by atoms with Crippen molar-refractivity contribution in [1.82, 2.24) is 9.78 Å². The lowest BCUT2D eigenvalue weighted by Crippen LogP contribution is -2.06. The Hall–Kier alpha value is -0.810. The van der Waals surface area contributed by atoms with Gasteiger partial charge >= 0.3 is 0 Å². The molecule has 5 heteroatoms. The standard InChI is InChI=1S/C14H17Br2N3/c1-8-5-11(6-9(2)13(8)15)17-7-12-14(16)10(3)18-19(12)4/h5-6,17H,7H2,1-4H3. The predicted octanol–water partition coefficient (Wildman–Crippen LogP) is 4.48. The summed E-state index contributed by atoms with van der Waals surface area (Å²) in [6, 6.07) is 4.29. The fourth-order valence-electron chi connectivity index (χ4n) is 2.11. The van der Waals surface area contributed by atoms with Crippen molar-refractivity contribution in [2.45, 2.75) is 27.3 Å². The number of nitrogens with one attached hydrogen (secondary N) is 1. The summed E-state index contributed by atoms with van der Waals surface area (Å²) in [4.78, 5) is 0. The van der Waals surface area contributed by atoms with Crippen molar-refractivity contribution in [2.24, 2.45) is 7.05 Å². The molecule has 0 aliphatic rings. The minimum absolute atomic E-state index is 0.748. The monoisotopic (exact) mass is 385 g/mol. The zero-order valence-corrected chi connectivity index (χ0v) is 14.7. The molecule has 0 bridgehead atoms. The zero-order valence-electron chi connectivity index (χ0n) is 11.5. The molecule has 102 valence electrons. The van der Waals surface area contributed by atoms with Crippen molar-refractivity contribution in [2.75, 3.05) is 5.32 Å². The van der Waals surface area contributed by atoms with Crippen molar-refractivity contribution >= 4 is 37.5 Å². The summed E-state index contributed by atoms with van der Waals surface area (Å²) < 4.78 is 4.16. The summed E-state index contributed by atoms with van der Waals surface area (Å²) in [5.41, 5.74) is 5.77. The smallest absolute Gasteiger partial charge is 0.0739 e. The molecular weight excluding hydrogens is 370 g/mol. The first-order valence-corrected chi connectivity index (χ1v) is 7.67. The first-order chi connectivity index (χ1) is 8.90. The van der Waals surface area contributed by atoms with Crippen molar-refractivity contribution in [3.63, 3.8) is 0 Å². The van der Waals surface area contributed by atoms with Crippen LogP contribution in [0.5, 0.6) is 0 Å². The lowest BCUT2D eigenvalue weighted by Gasteiger charge is -2.11. The molecular formula is C14H17Br2N3. The van der Waals surface area contributed by atoms with Crippen molar-refractivity contribution in [3.05, 3.63) is 43.6 Å². The van der Waals surface area contributed by atoms with Crippen LogP contribution in [0.3, 0.4) is 0 Å². The Bertz CT molecular complexity index is 594. The average molecular weight is 387 g/mol. The number of aryl methyl sites for hydroxylation is 4. The van der Waals surface area contributed by atoms with E-state index in [-0.39, 0.29) is 0 Å². The van der Waals surface area contributed by atoms with Gasteiger partial charge in [0.15, 0.2) is 0 Å². The number of benzene rings is 1. The predicted molar refractivity (Wildman–Crippen MR) is 86.6 cm³/mol. The van der Waals surface area contributed by atoms with Crippen LogP contribution in [0.25, 0.3) is 0 Å². The van der Waals surface area contributed by atoms with E-state index < -0.39 is 0 Å². The van der Waals surface area contributed by atoms with Gasteiger partial charge in [-0.2, -0.15) is 5.10 Å². The van der Waals surface area contributed by atoms with Gasteiger partial charge in [-0.25, -0.2) is 0 Å². The van der Waals surface area contributed by atoms with E-state index in [0.29, 0.717) is 0 Å². The number of aromatic nitrogens is 2. The summed E-state index contributed by atoms with van der Waals surface area (Å²) in [7, 11) is 1.97. The SMILES string of the molecule is Cc1cc(NCc2c(Br)c(C)nn2C)cc(C)c1Br. The molecule has 0 atom stereocenters. The van der Waals surface area contributed by atoms with Crippen LogP contribution >= 0.6 is 31.9 Å². The Balaban J connectivity index is 2.19. The molecule has 0 aliphatic heterocycles. The van der Waals surface area contributed by atoms with Crippen LogP contribution in [0.15, 0.2) is 21.1 Å². The van der Waals surface area contributed by atoms with Crippen molar-refractivity contribution in [3.8, 4) is 0 Å². The van der Waals surface area contributed by atoms with Gasteiger partial charge in [0.05, 0.1) is 22.4 Å². The van der Waals surface area contributed by atoms with Gasteiger partial charge in [0, 0.05) is 17.2 Å². The highest BCUT2D eigenvalue weighted by Crippen LogP contribution is 2.26. The second-order valence-electron chi connectivity index (χ2n) is 4.75. The summed E-state index contributed by atoms with van der Waals surface area (Å²) in [5, 5.41) is 7.85. The maximum Gasteiger partial charge on any atom is 0.0739 e. The quantitative estimate of drug-likeness (QED) is 0.842. The molecule has 2 aromatic rings. The van der Waals surface area contributed by atoms with E-state index in [9.17, 15) is 0 Å². The number of hydrogen-bond donors (Lipinski definition) is 1. The van der Waals surface area contributed by atoms with Gasteiger partial charge in [-0.1, -0.05) is 15.9 Å². The zero-order chi connectivity index (χ0) is 14.2. The topological polar surface area (TPSA) is 29.9 Å². The number of rotatable bonds is 3. The molecule has 0 saturated carbocycles. The van der Waals surface area contributed by atoms with E-state index in [2.05, 4.69) is 68.3 Å². The van der Waals surface area contributed by atoms with Crippen molar-refractivity contribution < 1.29 is 0 Å². The Kier molecular flexibility index (Phi) is 4.36. The summed E-state index contributed by atoms with van der Waals surface area (Å²) in [6.07, 6.45) is 0. The Labute approximate surface area is 130 Å². The molecule has 0 amide bonds. The van der Waals surface area contributed by atoms with Crippen LogP contribution in [0.1, 0.15) is 22.5 Å². The highest BCUT2D eigenvalue weighted by Gasteiger charge is 2.10. The maximum absolute atomic E-state index is 4.39. The first-order valence-electron chi connectivity index (χ1n) is 6.08. The molecule has 3 nitrogen and oxygen atoms in total. The molecule has 1 heterocycles. The van der Waals surface area contributed by atoms with E-state index in [1.165, 1.54) is 15.6 Å². The van der Waals surface area contributed by atoms with Gasteiger partial charge in [-0.3, -0.25) is 4.68 Å². The molecule has 0 radical (unpaired) electrons. The van der Waals surface area contributed by atoms with Gasteiger partial charge in [-0.05, 0) is 60.0 Å². The van der Waals surface area contributed by atoms with Crippen LogP contribution in [-0.4, -0.2) is 9.78 Å². The van der Waals surface area contributed by atoms with E-state index in [4.69, 9.17) is 0 Å². The molecule has 1 N–H and O–H groups in total. The van der Waals surface area contributed by atoms with Crippen LogP contribution in [0.2, 0.25) is 0 Å². The number of hydrogen-bond acceptors (Lipinski definition) is 2. The van der Waals surface area contributed by atoms with E-state index in [1.807, 2.05) is 18.7 Å². The van der Waals surface area contributed by atoms with E-state index in [0.717, 1.165) is 28.1 Å². The minimum Gasteiger partial charge on any atom is -0.379 e. The third-order valence-electron chi connectivity index (χ3n) is 3.16. The molecule has 0 spiro atoms. The Morgan fingerprint density at radius 3 is 2.16 bits per heavy atom. The molecule has 0 saturated heterocycles. The fraction of sp³-hybridized carbons (Fsp3) is 0.357. The molecule has 0 fully saturated rings. The lowest BCUT2D eigenvalue weighted by atomic mass is 10.1. The highest BCUT2D eigenvalue weighted by atomic mass is 79.9. The van der Waals surface area contributed by atoms with Gasteiger partial charge in [-0.15, -0.1) is 0 Å². The largest absolute Gasteiger partial charge is 0.379 e. The number of anilines is 1. The maximum atomic E-state index is 4.39. The molecule has 1 aromatic heterocycles. The van der Waals surface area contributed by atoms with E-state index in [1.54, 1.807) is 0 Å². The van der Waals surface area contributed by atoms with Crippen molar-refractivity contribution in [1.29, 1.82) is 0 Å². The van der Waals surface area contributed by atoms with Crippen LogP contribution in [0.4, 0.5) is 5.69 Å². The first kappa shape index (κ1) is 14.6. The molecule has 0 aliphatic carbocycles. The minimum atomic E-state index is 0.748. The van der Waals surface area contributed by atoms with Gasteiger partial charge in [0.1, 0.15) is 0 Å². The Morgan fingerprint density at radius 1 is 1.11 bits per heavy atom. The lowest BCUT2D eigenvalue weighted by molar-refractivity contribution is 0.712. The highest BCUT2D eigenvalue weighted by molar-refractivity contribution is 9.10. The van der Waals surface area contributed by atoms with Crippen LogP contribution < -0.4 is 5.32 Å². The summed E-state index contributed by atoms with van der Waals surface area (Å²) in [5.74, 6) is 0. The van der Waals surface area contributed by atoms with Crippen LogP contribution in [0, 0.1) is 20.8 Å². The van der Waals surface area contributed by atoms with Gasteiger partial charge in [0.25, 0.3) is 0 Å².